The van der Waals surface area contributed by atoms with E-state index in [1.165, 1.54) is 49.2 Å². The fraction of sp³-hybridized carbons (Fsp3) is 0.259. The molecule has 0 aliphatic heterocycles. The molecule has 2 heteroatoms. The zero-order valence-electron chi connectivity index (χ0n) is 18.6. The van der Waals surface area contributed by atoms with Crippen LogP contribution in [-0.4, -0.2) is 13.0 Å². The minimum Gasteiger partial charge on any atom is -0.137 e. The van der Waals surface area contributed by atoms with Crippen molar-refractivity contribution < 1.29 is 0 Å². The number of hydrogen-bond acceptors (Lipinski definition) is 1. The molecular formula is C27H29BS. The fourth-order valence-electron chi connectivity index (χ4n) is 4.41. The van der Waals surface area contributed by atoms with Crippen molar-refractivity contribution >= 4 is 29.4 Å². The SMILES string of the molecule is CSc1ccc(C#CB(c2c(C)cc(C)cc2C)c2c(C)cc(C)cc2C)cc1. The second-order valence-corrected chi connectivity index (χ2v) is 8.94. The summed E-state index contributed by atoms with van der Waals surface area (Å²) in [4.78, 5) is 1.27. The second kappa shape index (κ2) is 8.97. The standard InChI is InChI=1S/C27H29BS/c1-18-14-20(3)26(21(4)15-18)28(27-22(5)16-19(2)17-23(27)6)13-12-24-8-10-25(29-7)11-9-24/h8-11,14-17H,1-7H3. The Balaban J connectivity index is 2.20. The van der Waals surface area contributed by atoms with Gasteiger partial charge in [-0.05, 0) is 72.1 Å². The van der Waals surface area contributed by atoms with E-state index in [2.05, 4.69) is 108 Å². The van der Waals surface area contributed by atoms with Crippen LogP contribution in [0.15, 0.2) is 53.4 Å². The number of thioether (sulfide) groups is 1. The molecule has 0 fully saturated rings. The molecule has 146 valence electrons. The van der Waals surface area contributed by atoms with E-state index in [1.54, 1.807) is 11.8 Å². The molecule has 0 spiro atoms. The molecule has 0 saturated carbocycles. The van der Waals surface area contributed by atoms with E-state index < -0.39 is 0 Å². The van der Waals surface area contributed by atoms with Gasteiger partial charge in [-0.2, -0.15) is 0 Å². The summed E-state index contributed by atoms with van der Waals surface area (Å²) < 4.78 is 0. The third-order valence-corrected chi connectivity index (χ3v) is 6.25. The Morgan fingerprint density at radius 3 is 1.45 bits per heavy atom. The van der Waals surface area contributed by atoms with Crippen LogP contribution in [-0.2, 0) is 0 Å². The molecule has 29 heavy (non-hydrogen) atoms. The van der Waals surface area contributed by atoms with Crippen molar-refractivity contribution in [1.82, 2.24) is 0 Å². The summed E-state index contributed by atoms with van der Waals surface area (Å²) in [6, 6.07) is 17.7. The smallest absolute Gasteiger partial charge is 0.137 e. The van der Waals surface area contributed by atoms with E-state index in [4.69, 9.17) is 0 Å². The molecule has 0 aromatic heterocycles. The van der Waals surface area contributed by atoms with Crippen LogP contribution in [0.1, 0.15) is 38.9 Å². The van der Waals surface area contributed by atoms with E-state index in [0.29, 0.717) is 0 Å². The Morgan fingerprint density at radius 2 is 1.07 bits per heavy atom. The summed E-state index contributed by atoms with van der Waals surface area (Å²) in [6.07, 6.45) is 2.10. The zero-order chi connectivity index (χ0) is 21.1. The van der Waals surface area contributed by atoms with Gasteiger partial charge >= 0.3 is 0 Å². The van der Waals surface area contributed by atoms with Crippen molar-refractivity contribution in [2.24, 2.45) is 0 Å². The molecule has 3 aromatic rings. The Labute approximate surface area is 181 Å². The van der Waals surface area contributed by atoms with Gasteiger partial charge in [0.25, 0.3) is 6.71 Å². The Hall–Kier alpha value is -2.37. The first-order valence-corrected chi connectivity index (χ1v) is 11.3. The molecule has 0 radical (unpaired) electrons. The first-order valence-electron chi connectivity index (χ1n) is 10.1. The van der Waals surface area contributed by atoms with Gasteiger partial charge in [0.15, 0.2) is 0 Å². The molecule has 0 bridgehead atoms. The molecule has 3 rings (SSSR count). The summed E-state index contributed by atoms with van der Waals surface area (Å²) in [7, 11) is 0. The summed E-state index contributed by atoms with van der Waals surface area (Å²) in [5, 5.41) is 0. The lowest BCUT2D eigenvalue weighted by Gasteiger charge is -2.20. The lowest BCUT2D eigenvalue weighted by Crippen LogP contribution is -2.46. The van der Waals surface area contributed by atoms with Crippen LogP contribution < -0.4 is 10.9 Å². The number of rotatable bonds is 3. The predicted octanol–water partition coefficient (Wildman–Crippen LogP) is 5.46. The Kier molecular flexibility index (Phi) is 6.61. The van der Waals surface area contributed by atoms with Gasteiger partial charge in [-0.25, -0.2) is 0 Å². The molecule has 0 nitrogen and oxygen atoms in total. The highest BCUT2D eigenvalue weighted by atomic mass is 32.2. The van der Waals surface area contributed by atoms with Crippen LogP contribution in [0.2, 0.25) is 0 Å². The normalized spacial score (nSPS) is 10.4. The monoisotopic (exact) mass is 396 g/mol. The first kappa shape index (κ1) is 21.3. The minimum atomic E-state index is 0.0661. The fourth-order valence-corrected chi connectivity index (χ4v) is 4.82. The number of benzene rings is 3. The highest BCUT2D eigenvalue weighted by Gasteiger charge is 2.25. The van der Waals surface area contributed by atoms with E-state index in [0.717, 1.165) is 5.56 Å². The topological polar surface area (TPSA) is 0 Å². The molecular weight excluding hydrogens is 367 g/mol. The molecule has 0 amide bonds. The third kappa shape index (κ3) is 4.80. The van der Waals surface area contributed by atoms with Crippen molar-refractivity contribution in [3.8, 4) is 11.7 Å². The van der Waals surface area contributed by atoms with Crippen LogP contribution in [0.4, 0.5) is 0 Å². The van der Waals surface area contributed by atoms with E-state index in [9.17, 15) is 0 Å². The van der Waals surface area contributed by atoms with Crippen LogP contribution >= 0.6 is 11.8 Å². The summed E-state index contributed by atoms with van der Waals surface area (Å²) in [5.41, 5.74) is 11.6. The molecule has 0 aliphatic carbocycles. The summed E-state index contributed by atoms with van der Waals surface area (Å²) in [6.45, 7) is 13.3. The second-order valence-electron chi connectivity index (χ2n) is 8.06. The van der Waals surface area contributed by atoms with Crippen molar-refractivity contribution in [3.05, 3.63) is 87.5 Å². The van der Waals surface area contributed by atoms with Crippen LogP contribution in [0.5, 0.6) is 0 Å². The molecule has 0 atom stereocenters. The van der Waals surface area contributed by atoms with Gasteiger partial charge in [0, 0.05) is 10.5 Å². The van der Waals surface area contributed by atoms with Crippen molar-refractivity contribution in [2.75, 3.05) is 6.26 Å². The van der Waals surface area contributed by atoms with E-state index in [1.807, 2.05) is 0 Å². The molecule has 3 aromatic carbocycles. The predicted molar refractivity (Wildman–Crippen MR) is 131 cm³/mol. The van der Waals surface area contributed by atoms with E-state index >= 15 is 0 Å². The minimum absolute atomic E-state index is 0.0661. The first-order chi connectivity index (χ1) is 13.8. The maximum absolute atomic E-state index is 3.65. The number of aryl methyl sites for hydroxylation is 6. The quantitative estimate of drug-likeness (QED) is 0.322. The van der Waals surface area contributed by atoms with Gasteiger partial charge in [-0.3, -0.25) is 0 Å². The third-order valence-electron chi connectivity index (χ3n) is 5.50. The van der Waals surface area contributed by atoms with Gasteiger partial charge in [-0.15, -0.1) is 17.6 Å². The van der Waals surface area contributed by atoms with E-state index in [-0.39, 0.29) is 6.71 Å². The average molecular weight is 396 g/mol. The maximum Gasteiger partial charge on any atom is 0.297 e. The highest BCUT2D eigenvalue weighted by molar-refractivity contribution is 7.98. The zero-order valence-corrected chi connectivity index (χ0v) is 19.4. The van der Waals surface area contributed by atoms with Crippen molar-refractivity contribution in [2.45, 2.75) is 46.4 Å². The molecule has 0 unspecified atom stereocenters. The molecule has 0 N–H and O–H groups in total. The maximum atomic E-state index is 3.65. The summed E-state index contributed by atoms with van der Waals surface area (Å²) >= 11 is 1.76. The van der Waals surface area contributed by atoms with Crippen molar-refractivity contribution in [1.29, 1.82) is 0 Å². The van der Waals surface area contributed by atoms with Crippen molar-refractivity contribution in [3.63, 3.8) is 0 Å². The summed E-state index contributed by atoms with van der Waals surface area (Å²) in [5.74, 6) is 7.12. The van der Waals surface area contributed by atoms with Gasteiger partial charge in [-0.1, -0.05) is 74.5 Å². The highest BCUT2D eigenvalue weighted by Crippen LogP contribution is 2.15. The molecule has 0 heterocycles. The van der Waals surface area contributed by atoms with Gasteiger partial charge in [0.05, 0.1) is 0 Å². The number of hydrogen-bond donors (Lipinski definition) is 0. The van der Waals surface area contributed by atoms with Crippen LogP contribution in [0.3, 0.4) is 0 Å². The molecule has 0 aliphatic rings. The lowest BCUT2D eigenvalue weighted by atomic mass is 9.38. The van der Waals surface area contributed by atoms with Gasteiger partial charge in [0.1, 0.15) is 0 Å². The van der Waals surface area contributed by atoms with Crippen LogP contribution in [0, 0.1) is 53.3 Å². The Bertz CT molecular complexity index is 994. The van der Waals surface area contributed by atoms with Crippen LogP contribution in [0.25, 0.3) is 0 Å². The van der Waals surface area contributed by atoms with Gasteiger partial charge < -0.3 is 0 Å². The molecule has 0 saturated heterocycles. The average Bonchev–Trinajstić information content (AvgIpc) is 2.64. The largest absolute Gasteiger partial charge is 0.297 e. The van der Waals surface area contributed by atoms with Gasteiger partial charge in [0.2, 0.25) is 0 Å². The Morgan fingerprint density at radius 1 is 0.655 bits per heavy atom. The lowest BCUT2D eigenvalue weighted by molar-refractivity contribution is 1.34.